The summed E-state index contributed by atoms with van der Waals surface area (Å²) in [4.78, 5) is 32.6. The van der Waals surface area contributed by atoms with E-state index in [4.69, 9.17) is 9.47 Å². The lowest BCUT2D eigenvalue weighted by molar-refractivity contribution is -0.132. The van der Waals surface area contributed by atoms with Gasteiger partial charge in [0.2, 0.25) is 0 Å². The molecule has 0 bridgehead atoms. The average molecular weight is 517 g/mol. The molecule has 2 atom stereocenters. The first kappa shape index (κ1) is 23.2. The number of nitrogens with zero attached hydrogens (tertiary/aromatic N) is 2. The van der Waals surface area contributed by atoms with E-state index in [2.05, 4.69) is 4.98 Å². The number of amides is 1. The summed E-state index contributed by atoms with van der Waals surface area (Å²) in [5.74, 6) is -1.02. The highest BCUT2D eigenvalue weighted by atomic mass is 32.1. The molecule has 6 rings (SSSR count). The van der Waals surface area contributed by atoms with E-state index in [9.17, 15) is 19.1 Å². The number of carbonyl (C=O) groups is 2. The van der Waals surface area contributed by atoms with E-state index in [1.165, 1.54) is 23.1 Å². The molecule has 2 unspecified atom stereocenters. The molecule has 2 aliphatic heterocycles. The number of benzene rings is 3. The van der Waals surface area contributed by atoms with Crippen LogP contribution in [0.1, 0.15) is 29.7 Å². The van der Waals surface area contributed by atoms with Crippen LogP contribution >= 0.6 is 11.3 Å². The van der Waals surface area contributed by atoms with Crippen LogP contribution in [0, 0.1) is 5.82 Å². The van der Waals surface area contributed by atoms with Crippen LogP contribution in [0.5, 0.6) is 11.5 Å². The zero-order chi connectivity index (χ0) is 25.8. The minimum atomic E-state index is -0.945. The highest BCUT2D eigenvalue weighted by Gasteiger charge is 2.48. The van der Waals surface area contributed by atoms with Crippen molar-refractivity contribution in [2.24, 2.45) is 0 Å². The van der Waals surface area contributed by atoms with Crippen LogP contribution in [-0.4, -0.2) is 35.0 Å². The molecule has 1 fully saturated rings. The number of ketones is 1. The van der Waals surface area contributed by atoms with Crippen molar-refractivity contribution in [3.63, 3.8) is 0 Å². The van der Waals surface area contributed by atoms with E-state index >= 15 is 0 Å². The Morgan fingerprint density at radius 3 is 2.68 bits per heavy atom. The predicted molar refractivity (Wildman–Crippen MR) is 138 cm³/mol. The monoisotopic (exact) mass is 516 g/mol. The van der Waals surface area contributed by atoms with Gasteiger partial charge in [-0.15, -0.1) is 0 Å². The van der Waals surface area contributed by atoms with Crippen LogP contribution in [0.4, 0.5) is 9.52 Å². The van der Waals surface area contributed by atoms with E-state index in [1.807, 2.05) is 6.92 Å². The van der Waals surface area contributed by atoms with E-state index in [0.29, 0.717) is 33.5 Å². The van der Waals surface area contributed by atoms with Crippen molar-refractivity contribution < 1.29 is 28.6 Å². The molecule has 0 aliphatic carbocycles. The Bertz CT molecular complexity index is 1610. The number of hydrogen-bond acceptors (Lipinski definition) is 7. The van der Waals surface area contributed by atoms with Crippen LogP contribution in [0.25, 0.3) is 16.0 Å². The number of thiazole rings is 1. The minimum absolute atomic E-state index is 0.0150. The summed E-state index contributed by atoms with van der Waals surface area (Å²) in [6, 6.07) is 15.3. The smallest absolute Gasteiger partial charge is 0.301 e. The highest BCUT2D eigenvalue weighted by molar-refractivity contribution is 7.22. The number of hydrogen-bond donors (Lipinski definition) is 1. The Morgan fingerprint density at radius 1 is 1.14 bits per heavy atom. The Labute approximate surface area is 215 Å². The summed E-state index contributed by atoms with van der Waals surface area (Å²) in [7, 11) is 1.54. The number of aliphatic hydroxyl groups excluding tert-OH is 1. The summed E-state index contributed by atoms with van der Waals surface area (Å²) < 4.78 is 25.4. The van der Waals surface area contributed by atoms with Gasteiger partial charge in [-0.05, 0) is 66.6 Å². The number of aliphatic hydroxyl groups is 1. The molecular formula is C28H21FN2O5S. The SMILES string of the molecule is COc1ccc(C2/C(=C(\O)c3ccc4c(c3)CC(C)O4)C(=O)C(=O)N2c2nc3ccc(F)cc3s2)cc1. The van der Waals surface area contributed by atoms with Gasteiger partial charge in [0.25, 0.3) is 5.78 Å². The quantitative estimate of drug-likeness (QED) is 0.222. The van der Waals surface area contributed by atoms with E-state index in [1.54, 1.807) is 49.6 Å². The summed E-state index contributed by atoms with van der Waals surface area (Å²) >= 11 is 1.10. The topological polar surface area (TPSA) is 89.0 Å². The molecule has 0 spiro atoms. The van der Waals surface area contributed by atoms with Gasteiger partial charge in [-0.1, -0.05) is 23.5 Å². The standard InChI is InChI=1S/C28H21FN2O5S/c1-14-11-17-12-16(5-10-21(17)36-14)25(32)23-24(15-3-7-19(35-2)8-4-15)31(27(34)26(23)33)28-30-20-9-6-18(29)13-22(20)37-28/h3-10,12-14,24,32H,11H2,1-2H3/b25-23+. The molecule has 7 nitrogen and oxygen atoms in total. The molecule has 3 aromatic carbocycles. The molecule has 4 aromatic rings. The van der Waals surface area contributed by atoms with Gasteiger partial charge < -0.3 is 14.6 Å². The molecule has 1 saturated heterocycles. The second-order valence-corrected chi connectivity index (χ2v) is 10.0. The van der Waals surface area contributed by atoms with Crippen molar-refractivity contribution in [2.75, 3.05) is 12.0 Å². The van der Waals surface area contributed by atoms with Crippen molar-refractivity contribution in [3.8, 4) is 11.5 Å². The average Bonchev–Trinajstić information content (AvgIpc) is 3.55. The third-order valence-electron chi connectivity index (χ3n) is 6.59. The van der Waals surface area contributed by atoms with Gasteiger partial charge in [0.1, 0.15) is 29.2 Å². The lowest BCUT2D eigenvalue weighted by Crippen LogP contribution is -2.29. The Morgan fingerprint density at radius 2 is 1.92 bits per heavy atom. The van der Waals surface area contributed by atoms with Gasteiger partial charge in [0.05, 0.1) is 28.9 Å². The van der Waals surface area contributed by atoms with Crippen molar-refractivity contribution in [1.29, 1.82) is 0 Å². The molecule has 1 N–H and O–H groups in total. The maximum absolute atomic E-state index is 13.8. The molecule has 0 saturated carbocycles. The third kappa shape index (κ3) is 3.82. The summed E-state index contributed by atoms with van der Waals surface area (Å²) in [6.07, 6.45) is 0.691. The van der Waals surface area contributed by atoms with Gasteiger partial charge >= 0.3 is 5.91 Å². The fourth-order valence-electron chi connectivity index (χ4n) is 4.85. The maximum Gasteiger partial charge on any atom is 0.301 e. The Hall–Kier alpha value is -4.24. The van der Waals surface area contributed by atoms with Crippen molar-refractivity contribution in [1.82, 2.24) is 4.98 Å². The zero-order valence-electron chi connectivity index (χ0n) is 19.9. The lowest BCUT2D eigenvalue weighted by Gasteiger charge is -2.23. The normalized spacial score (nSPS) is 20.4. The molecule has 1 amide bonds. The predicted octanol–water partition coefficient (Wildman–Crippen LogP) is 5.39. The molecule has 186 valence electrons. The Kier molecular flexibility index (Phi) is 5.45. The maximum atomic E-state index is 13.8. The minimum Gasteiger partial charge on any atom is -0.507 e. The number of Topliss-reactive ketones (excluding diaryl/α,β-unsaturated/α-hetero) is 1. The first-order valence-electron chi connectivity index (χ1n) is 11.6. The van der Waals surface area contributed by atoms with Crippen molar-refractivity contribution >= 4 is 44.1 Å². The number of halogens is 1. The molecule has 2 aliphatic rings. The molecular weight excluding hydrogens is 495 g/mol. The molecule has 1 aromatic heterocycles. The molecule has 9 heteroatoms. The van der Waals surface area contributed by atoms with E-state index in [-0.39, 0.29) is 22.6 Å². The van der Waals surface area contributed by atoms with Crippen LogP contribution in [0.2, 0.25) is 0 Å². The van der Waals surface area contributed by atoms with Crippen LogP contribution in [0.15, 0.2) is 66.2 Å². The number of aromatic nitrogens is 1. The molecule has 0 radical (unpaired) electrons. The van der Waals surface area contributed by atoms with Crippen LogP contribution in [-0.2, 0) is 16.0 Å². The van der Waals surface area contributed by atoms with Crippen molar-refractivity contribution in [3.05, 3.63) is 88.7 Å². The van der Waals surface area contributed by atoms with E-state index in [0.717, 1.165) is 22.6 Å². The summed E-state index contributed by atoms with van der Waals surface area (Å²) in [6.45, 7) is 1.96. The van der Waals surface area contributed by atoms with Gasteiger partial charge in [-0.3, -0.25) is 14.5 Å². The summed E-state index contributed by atoms with van der Waals surface area (Å²) in [5.41, 5.74) is 2.38. The van der Waals surface area contributed by atoms with E-state index < -0.39 is 23.5 Å². The number of rotatable bonds is 4. The van der Waals surface area contributed by atoms with Crippen LogP contribution < -0.4 is 14.4 Å². The number of methoxy groups -OCH3 is 1. The Balaban J connectivity index is 1.53. The molecule has 3 heterocycles. The van der Waals surface area contributed by atoms with Gasteiger partial charge in [-0.25, -0.2) is 9.37 Å². The largest absolute Gasteiger partial charge is 0.507 e. The zero-order valence-corrected chi connectivity index (χ0v) is 20.7. The highest BCUT2D eigenvalue weighted by Crippen LogP contribution is 2.45. The number of ether oxygens (including phenoxy) is 2. The van der Waals surface area contributed by atoms with Gasteiger partial charge in [0, 0.05) is 12.0 Å². The first-order chi connectivity index (χ1) is 17.8. The second kappa shape index (κ2) is 8.70. The number of fused-ring (bicyclic) bond motifs is 2. The van der Waals surface area contributed by atoms with Gasteiger partial charge in [-0.2, -0.15) is 0 Å². The number of anilines is 1. The van der Waals surface area contributed by atoms with Gasteiger partial charge in [0.15, 0.2) is 5.13 Å². The fraction of sp³-hybridized carbons (Fsp3) is 0.179. The molecule has 37 heavy (non-hydrogen) atoms. The number of carbonyl (C=O) groups excluding carboxylic acids is 2. The summed E-state index contributed by atoms with van der Waals surface area (Å²) in [5, 5.41) is 11.7. The second-order valence-electron chi connectivity index (χ2n) is 9.01. The lowest BCUT2D eigenvalue weighted by atomic mass is 9.94. The van der Waals surface area contributed by atoms with Crippen LogP contribution in [0.3, 0.4) is 0 Å². The fourth-order valence-corrected chi connectivity index (χ4v) is 5.86. The van der Waals surface area contributed by atoms with Crippen molar-refractivity contribution in [2.45, 2.75) is 25.5 Å². The first-order valence-corrected chi connectivity index (χ1v) is 12.5. The third-order valence-corrected chi connectivity index (χ3v) is 7.61.